The maximum Gasteiger partial charge on any atom is 0.319 e. The Kier molecular flexibility index (Phi) is 7.44. The maximum atomic E-state index is 17.5. The second-order valence-corrected chi connectivity index (χ2v) is 15.4. The third-order valence-electron chi connectivity index (χ3n) is 11.4. The Morgan fingerprint density at radius 3 is 2.59 bits per heavy atom. The van der Waals surface area contributed by atoms with Crippen LogP contribution in [-0.4, -0.2) is 92.9 Å². The highest BCUT2D eigenvalue weighted by Gasteiger charge is 2.46. The first-order valence-electron chi connectivity index (χ1n) is 17.2. The number of rotatable bonds is 7. The third-order valence-corrected chi connectivity index (χ3v) is 12.4. The Labute approximate surface area is 286 Å². The molecule has 0 saturated carbocycles. The van der Waals surface area contributed by atoms with Gasteiger partial charge in [-0.2, -0.15) is 15.2 Å². The summed E-state index contributed by atoms with van der Waals surface area (Å²) < 4.78 is 45.1. The highest BCUT2D eigenvalue weighted by Crippen LogP contribution is 2.48. The Morgan fingerprint density at radius 1 is 1.14 bits per heavy atom. The number of pyridine rings is 1. The molecule has 0 radical (unpaired) electrons. The summed E-state index contributed by atoms with van der Waals surface area (Å²) in [6.07, 6.45) is 6.85. The van der Waals surface area contributed by atoms with Crippen molar-refractivity contribution in [2.24, 2.45) is 0 Å². The molecule has 8 heterocycles. The molecule has 0 spiro atoms. The van der Waals surface area contributed by atoms with Crippen molar-refractivity contribution in [3.05, 3.63) is 34.5 Å². The standard InChI is InChI=1S/C35H38F2N8O3S/c1-18(46)12-43-13-19-4-5-20(14-43)45(19)33-27-23-16-47-15-22(23)25(29-26-21(10-38)32(39)49-31(26)24(36)11-40-29)28(37)30(27)41-34(42-33)48-17-35-6-2-8-44(35)9-3-7-35/h11,18-20,46H,2-9,12-17,39H2,1H3/t18-,19?,20?/m1/s1. The van der Waals surface area contributed by atoms with Crippen molar-refractivity contribution in [3.8, 4) is 23.3 Å². The number of hydrogen-bond acceptors (Lipinski definition) is 12. The minimum atomic E-state index is -0.636. The highest BCUT2D eigenvalue weighted by molar-refractivity contribution is 7.23. The molecule has 11 nitrogen and oxygen atoms in total. The van der Waals surface area contributed by atoms with Crippen LogP contribution in [0.4, 0.5) is 19.6 Å². The van der Waals surface area contributed by atoms with Gasteiger partial charge < -0.3 is 25.2 Å². The molecule has 256 valence electrons. The van der Waals surface area contributed by atoms with E-state index in [1.165, 1.54) is 0 Å². The number of β-amino-alcohol motifs (C(OH)–C–C–N with tert-alkyl or cyclic N) is 1. The fourth-order valence-electron chi connectivity index (χ4n) is 9.40. The number of nitrogens with two attached hydrogens (primary N) is 1. The summed E-state index contributed by atoms with van der Waals surface area (Å²) in [5.74, 6) is -0.620. The second kappa shape index (κ2) is 11.7. The molecule has 14 heteroatoms. The Morgan fingerprint density at radius 2 is 1.88 bits per heavy atom. The van der Waals surface area contributed by atoms with Crippen LogP contribution in [0.5, 0.6) is 6.01 Å². The largest absolute Gasteiger partial charge is 0.461 e. The molecule has 2 unspecified atom stereocenters. The zero-order valence-corrected chi connectivity index (χ0v) is 28.2. The van der Waals surface area contributed by atoms with Crippen LogP contribution < -0.4 is 15.4 Å². The summed E-state index contributed by atoms with van der Waals surface area (Å²) in [7, 11) is 0. The molecule has 9 rings (SSSR count). The SMILES string of the molecule is C[C@@H](O)CN1CC2CCC(C1)N2c1nc(OCC23CCCN2CCC3)nc2c(F)c(-c3ncc(F)c4sc(N)c(C#N)c34)c3c(c12)COC3. The molecule has 4 fully saturated rings. The van der Waals surface area contributed by atoms with Crippen molar-refractivity contribution in [2.75, 3.05) is 50.0 Å². The van der Waals surface area contributed by atoms with Crippen LogP contribution in [0.3, 0.4) is 0 Å². The van der Waals surface area contributed by atoms with Gasteiger partial charge in [0.15, 0.2) is 11.6 Å². The van der Waals surface area contributed by atoms with Gasteiger partial charge in [-0.15, -0.1) is 11.3 Å². The smallest absolute Gasteiger partial charge is 0.319 e. The van der Waals surface area contributed by atoms with Crippen LogP contribution in [0, 0.1) is 23.0 Å². The van der Waals surface area contributed by atoms with Gasteiger partial charge in [-0.3, -0.25) is 14.8 Å². The highest BCUT2D eigenvalue weighted by atomic mass is 32.1. The Balaban J connectivity index is 1.24. The average Bonchev–Trinajstić information content (AvgIpc) is 3.89. The molecule has 5 aliphatic rings. The van der Waals surface area contributed by atoms with Crippen LogP contribution in [0.15, 0.2) is 6.20 Å². The molecular formula is C35H38F2N8O3S. The van der Waals surface area contributed by atoms with Crippen LogP contribution in [-0.2, 0) is 18.0 Å². The summed E-state index contributed by atoms with van der Waals surface area (Å²) in [6, 6.07) is 2.45. The number of aliphatic hydroxyl groups excluding tert-OH is 1. The third kappa shape index (κ3) is 4.80. The topological polar surface area (TPSA) is 137 Å². The molecule has 2 bridgehead atoms. The van der Waals surface area contributed by atoms with Crippen LogP contribution in [0.25, 0.3) is 32.2 Å². The molecule has 0 aliphatic carbocycles. The summed E-state index contributed by atoms with van der Waals surface area (Å²) in [6.45, 7) is 6.77. The summed E-state index contributed by atoms with van der Waals surface area (Å²) in [5.41, 5.74) is 7.89. The molecular weight excluding hydrogens is 651 g/mol. The zero-order valence-electron chi connectivity index (χ0n) is 27.3. The molecule has 3 atom stereocenters. The molecule has 1 aromatic carbocycles. The number of aromatic nitrogens is 3. The van der Waals surface area contributed by atoms with Crippen molar-refractivity contribution in [1.29, 1.82) is 5.26 Å². The van der Waals surface area contributed by atoms with E-state index in [9.17, 15) is 10.4 Å². The van der Waals surface area contributed by atoms with Gasteiger partial charge in [-0.05, 0) is 69.7 Å². The van der Waals surface area contributed by atoms with Crippen molar-refractivity contribution >= 4 is 43.1 Å². The van der Waals surface area contributed by atoms with E-state index in [2.05, 4.69) is 25.8 Å². The minimum Gasteiger partial charge on any atom is -0.461 e. The maximum absolute atomic E-state index is 17.5. The van der Waals surface area contributed by atoms with Gasteiger partial charge in [0.1, 0.15) is 29.0 Å². The van der Waals surface area contributed by atoms with Crippen molar-refractivity contribution in [3.63, 3.8) is 0 Å². The predicted molar refractivity (Wildman–Crippen MR) is 181 cm³/mol. The number of thiophene rings is 1. The van der Waals surface area contributed by atoms with Crippen LogP contribution in [0.2, 0.25) is 0 Å². The number of piperazine rings is 1. The van der Waals surface area contributed by atoms with Gasteiger partial charge in [0, 0.05) is 42.7 Å². The van der Waals surface area contributed by atoms with Gasteiger partial charge in [0.05, 0.1) is 52.4 Å². The predicted octanol–water partition coefficient (Wildman–Crippen LogP) is 4.71. The normalized spacial score (nSPS) is 23.8. The number of aliphatic hydroxyl groups is 1. The number of likely N-dealkylation sites (tertiary alicyclic amines) is 1. The summed E-state index contributed by atoms with van der Waals surface area (Å²) in [5, 5.41) is 21.1. The minimum absolute atomic E-state index is 0.0597. The van der Waals surface area contributed by atoms with Crippen molar-refractivity contribution in [2.45, 2.75) is 82.4 Å². The fourth-order valence-corrected chi connectivity index (χ4v) is 10.3. The van der Waals surface area contributed by atoms with Gasteiger partial charge in [-0.1, -0.05) is 0 Å². The number of anilines is 2. The van der Waals surface area contributed by atoms with E-state index in [-0.39, 0.29) is 74.3 Å². The molecule has 49 heavy (non-hydrogen) atoms. The number of nitriles is 1. The fraction of sp³-hybridized carbons (Fsp3) is 0.543. The first kappa shape index (κ1) is 31.3. The van der Waals surface area contributed by atoms with E-state index in [0.29, 0.717) is 29.9 Å². The van der Waals surface area contributed by atoms with Crippen molar-refractivity contribution < 1.29 is 23.4 Å². The van der Waals surface area contributed by atoms with Gasteiger partial charge in [0.25, 0.3) is 0 Å². The van der Waals surface area contributed by atoms with Gasteiger partial charge in [0.2, 0.25) is 0 Å². The van der Waals surface area contributed by atoms with E-state index in [0.717, 1.165) is 87.8 Å². The van der Waals surface area contributed by atoms with E-state index in [1.54, 1.807) is 0 Å². The number of halogens is 2. The van der Waals surface area contributed by atoms with Crippen LogP contribution in [0.1, 0.15) is 62.1 Å². The molecule has 4 saturated heterocycles. The van der Waals surface area contributed by atoms with E-state index >= 15 is 8.78 Å². The van der Waals surface area contributed by atoms with Crippen LogP contribution >= 0.6 is 11.3 Å². The molecule has 4 aromatic rings. The number of nitrogens with zero attached hydrogens (tertiary/aromatic N) is 7. The Bertz CT molecular complexity index is 2030. The second-order valence-electron chi connectivity index (χ2n) is 14.4. The quantitative estimate of drug-likeness (QED) is 0.279. The number of nitrogen functional groups attached to an aromatic ring is 1. The number of ether oxygens (including phenoxy) is 2. The monoisotopic (exact) mass is 688 g/mol. The summed E-state index contributed by atoms with van der Waals surface area (Å²) in [4.78, 5) is 21.4. The number of hydrogen-bond donors (Lipinski definition) is 2. The van der Waals surface area contributed by atoms with Gasteiger partial charge in [-0.25, -0.2) is 8.78 Å². The molecule has 5 aliphatic heterocycles. The lowest BCUT2D eigenvalue weighted by Gasteiger charge is -2.42. The molecule has 3 aromatic heterocycles. The van der Waals surface area contributed by atoms with E-state index in [1.807, 2.05) is 6.92 Å². The molecule has 0 amide bonds. The molecule has 3 N–H and O–H groups in total. The number of fused-ring (bicyclic) bond motifs is 7. The number of benzene rings is 1. The first-order chi connectivity index (χ1) is 23.8. The lowest BCUT2D eigenvalue weighted by molar-refractivity contribution is 0.107. The summed E-state index contributed by atoms with van der Waals surface area (Å²) >= 11 is 0.953. The van der Waals surface area contributed by atoms with Crippen molar-refractivity contribution in [1.82, 2.24) is 24.8 Å². The zero-order chi connectivity index (χ0) is 33.6. The lowest BCUT2D eigenvalue weighted by Crippen LogP contribution is -2.55. The van der Waals surface area contributed by atoms with E-state index < -0.39 is 17.7 Å². The Hall–Kier alpha value is -3.74. The van der Waals surface area contributed by atoms with Gasteiger partial charge >= 0.3 is 6.01 Å². The average molecular weight is 689 g/mol. The van der Waals surface area contributed by atoms with E-state index in [4.69, 9.17) is 25.2 Å². The first-order valence-corrected chi connectivity index (χ1v) is 18.0. The lowest BCUT2D eigenvalue weighted by atomic mass is 9.93.